The lowest BCUT2D eigenvalue weighted by Crippen LogP contribution is -2.14. The molecule has 0 aliphatic rings. The van der Waals surface area contributed by atoms with Gasteiger partial charge < -0.3 is 5.32 Å². The summed E-state index contributed by atoms with van der Waals surface area (Å²) in [6, 6.07) is 16.2. The van der Waals surface area contributed by atoms with Gasteiger partial charge in [-0.05, 0) is 37.3 Å². The van der Waals surface area contributed by atoms with E-state index in [9.17, 15) is 24.1 Å². The summed E-state index contributed by atoms with van der Waals surface area (Å²) in [6.07, 6.45) is 0. The van der Waals surface area contributed by atoms with Crippen molar-refractivity contribution in [2.75, 3.05) is 5.32 Å². The van der Waals surface area contributed by atoms with Crippen LogP contribution in [0.4, 0.5) is 15.8 Å². The van der Waals surface area contributed by atoms with Gasteiger partial charge in [-0.15, -0.1) is 0 Å². The van der Waals surface area contributed by atoms with Crippen LogP contribution in [-0.2, 0) is 0 Å². The first-order valence-corrected chi connectivity index (χ1v) is 9.30. The molecular weight excluding hydrogens is 395 g/mol. The minimum atomic E-state index is -0.606. The number of nitro benzene ring substituents is 1. The number of hydrogen-bond acceptors (Lipinski definition) is 5. The summed E-state index contributed by atoms with van der Waals surface area (Å²) in [4.78, 5) is 35.6. The van der Waals surface area contributed by atoms with Gasteiger partial charge in [0.2, 0.25) is 0 Å². The number of non-ortho nitro benzene ring substituents is 1. The van der Waals surface area contributed by atoms with E-state index in [1.165, 1.54) is 31.2 Å². The summed E-state index contributed by atoms with van der Waals surface area (Å²) in [7, 11) is 0. The van der Waals surface area contributed by atoms with Gasteiger partial charge >= 0.3 is 0 Å². The van der Waals surface area contributed by atoms with Crippen LogP contribution in [0.1, 0.15) is 27.6 Å². The van der Waals surface area contributed by atoms with Gasteiger partial charge in [0.05, 0.1) is 10.5 Å². The van der Waals surface area contributed by atoms with Gasteiger partial charge in [0, 0.05) is 33.2 Å². The van der Waals surface area contributed by atoms with E-state index in [-0.39, 0.29) is 21.9 Å². The summed E-state index contributed by atoms with van der Waals surface area (Å²) in [5, 5.41) is 13.8. The minimum absolute atomic E-state index is 0.0284. The Morgan fingerprint density at radius 1 is 1.00 bits per heavy atom. The third kappa shape index (κ3) is 4.85. The van der Waals surface area contributed by atoms with Gasteiger partial charge in [0.1, 0.15) is 5.82 Å². The molecule has 1 N–H and O–H groups in total. The fourth-order valence-corrected chi connectivity index (χ4v) is 3.51. The van der Waals surface area contributed by atoms with Crippen LogP contribution < -0.4 is 5.32 Å². The van der Waals surface area contributed by atoms with Gasteiger partial charge in [-0.2, -0.15) is 0 Å². The summed E-state index contributed by atoms with van der Waals surface area (Å²) in [5.74, 6) is -1.23. The molecule has 3 aromatic carbocycles. The largest absolute Gasteiger partial charge is 0.322 e. The normalized spacial score (nSPS) is 10.4. The van der Waals surface area contributed by atoms with Crippen molar-refractivity contribution in [3.63, 3.8) is 0 Å². The van der Waals surface area contributed by atoms with Gasteiger partial charge in [0.15, 0.2) is 5.78 Å². The molecule has 29 heavy (non-hydrogen) atoms. The molecule has 0 saturated carbocycles. The highest BCUT2D eigenvalue weighted by molar-refractivity contribution is 7.99. The number of carbonyl (C=O) groups is 2. The number of nitrogens with one attached hydrogen (secondary N) is 1. The van der Waals surface area contributed by atoms with Crippen molar-refractivity contribution in [2.45, 2.75) is 16.7 Å². The molecule has 3 aromatic rings. The van der Waals surface area contributed by atoms with E-state index in [1.54, 1.807) is 36.4 Å². The Morgan fingerprint density at radius 3 is 2.45 bits per heavy atom. The van der Waals surface area contributed by atoms with Crippen molar-refractivity contribution >= 4 is 34.8 Å². The predicted molar refractivity (Wildman–Crippen MR) is 108 cm³/mol. The Kier molecular flexibility index (Phi) is 6.04. The molecule has 0 spiro atoms. The predicted octanol–water partition coefficient (Wildman–Crippen LogP) is 5.34. The lowest BCUT2D eigenvalue weighted by atomic mass is 10.1. The van der Waals surface area contributed by atoms with E-state index < -0.39 is 16.6 Å². The summed E-state index contributed by atoms with van der Waals surface area (Å²) in [5.41, 5.74) is 0.560. The quantitative estimate of drug-likeness (QED) is 0.337. The van der Waals surface area contributed by atoms with Gasteiger partial charge in [0.25, 0.3) is 11.6 Å². The Hall–Kier alpha value is -3.52. The summed E-state index contributed by atoms with van der Waals surface area (Å²) >= 11 is 0.996. The van der Waals surface area contributed by atoms with Crippen molar-refractivity contribution in [2.24, 2.45) is 0 Å². The van der Waals surface area contributed by atoms with E-state index in [0.717, 1.165) is 17.8 Å². The minimum Gasteiger partial charge on any atom is -0.322 e. The molecule has 0 fully saturated rings. The number of anilines is 1. The first kappa shape index (κ1) is 20.2. The zero-order valence-corrected chi connectivity index (χ0v) is 16.0. The van der Waals surface area contributed by atoms with Crippen LogP contribution in [-0.4, -0.2) is 16.6 Å². The van der Waals surface area contributed by atoms with Gasteiger partial charge in [-0.1, -0.05) is 36.0 Å². The van der Waals surface area contributed by atoms with E-state index >= 15 is 0 Å². The number of amides is 1. The average Bonchev–Trinajstić information content (AvgIpc) is 2.70. The van der Waals surface area contributed by atoms with Crippen LogP contribution in [0.5, 0.6) is 0 Å². The molecule has 0 aliphatic heterocycles. The smallest absolute Gasteiger partial charge is 0.270 e. The maximum absolute atomic E-state index is 14.0. The Balaban J connectivity index is 1.97. The summed E-state index contributed by atoms with van der Waals surface area (Å²) in [6.45, 7) is 1.41. The fraction of sp³-hybridized carbons (Fsp3) is 0.0476. The lowest BCUT2D eigenvalue weighted by Gasteiger charge is -2.11. The van der Waals surface area contributed by atoms with Crippen LogP contribution in [0.15, 0.2) is 76.5 Å². The number of Topliss-reactive ketones (excluding diaryl/α,β-unsaturated/α-hetero) is 1. The first-order chi connectivity index (χ1) is 13.8. The second-order valence-corrected chi connectivity index (χ2v) is 7.14. The van der Waals surface area contributed by atoms with Crippen molar-refractivity contribution in [1.82, 2.24) is 0 Å². The number of hydrogen-bond donors (Lipinski definition) is 1. The lowest BCUT2D eigenvalue weighted by molar-refractivity contribution is -0.384. The highest BCUT2D eigenvalue weighted by Crippen LogP contribution is 2.34. The number of halogens is 1. The van der Waals surface area contributed by atoms with E-state index in [2.05, 4.69) is 5.32 Å². The number of rotatable bonds is 6. The fourth-order valence-electron chi connectivity index (χ4n) is 2.56. The van der Waals surface area contributed by atoms with Gasteiger partial charge in [-0.25, -0.2) is 4.39 Å². The van der Waals surface area contributed by atoms with Crippen molar-refractivity contribution < 1.29 is 18.9 Å². The number of carbonyl (C=O) groups excluding carboxylic acids is 2. The average molecular weight is 410 g/mol. The number of nitrogens with zero attached hydrogens (tertiary/aromatic N) is 1. The maximum Gasteiger partial charge on any atom is 0.270 e. The van der Waals surface area contributed by atoms with Crippen LogP contribution in [0.3, 0.4) is 0 Å². The van der Waals surface area contributed by atoms with Crippen LogP contribution >= 0.6 is 11.8 Å². The molecular formula is C21H15FN2O4S. The third-order valence-corrected chi connectivity index (χ3v) is 5.13. The summed E-state index contributed by atoms with van der Waals surface area (Å²) < 4.78 is 14.0. The third-order valence-electron chi connectivity index (χ3n) is 4.00. The van der Waals surface area contributed by atoms with Crippen LogP contribution in [0, 0.1) is 15.9 Å². The maximum atomic E-state index is 14.0. The molecule has 8 heteroatoms. The highest BCUT2D eigenvalue weighted by Gasteiger charge is 2.19. The molecule has 0 saturated heterocycles. The van der Waals surface area contributed by atoms with E-state index in [4.69, 9.17) is 0 Å². The zero-order chi connectivity index (χ0) is 21.0. The molecule has 3 rings (SSSR count). The molecule has 0 unspecified atom stereocenters. The number of benzene rings is 3. The SMILES string of the molecule is CC(=O)c1cccc(NC(=O)c2cc([N+](=O)[O-])ccc2Sc2ccccc2F)c1. The van der Waals surface area contributed by atoms with Crippen LogP contribution in [0.25, 0.3) is 0 Å². The molecule has 0 aliphatic carbocycles. The Morgan fingerprint density at radius 2 is 1.76 bits per heavy atom. The molecule has 0 atom stereocenters. The molecule has 1 amide bonds. The molecule has 0 heterocycles. The molecule has 146 valence electrons. The second-order valence-electron chi connectivity index (χ2n) is 6.06. The topological polar surface area (TPSA) is 89.3 Å². The molecule has 6 nitrogen and oxygen atoms in total. The van der Waals surface area contributed by atoms with Crippen LogP contribution in [0.2, 0.25) is 0 Å². The van der Waals surface area contributed by atoms with E-state index in [1.807, 2.05) is 0 Å². The second kappa shape index (κ2) is 8.66. The Labute approximate surface area is 169 Å². The van der Waals surface area contributed by atoms with Crippen molar-refractivity contribution in [3.05, 3.63) is 93.8 Å². The molecule has 0 bridgehead atoms. The highest BCUT2D eigenvalue weighted by atomic mass is 32.2. The molecule has 0 radical (unpaired) electrons. The monoisotopic (exact) mass is 410 g/mol. The van der Waals surface area contributed by atoms with Crippen molar-refractivity contribution in [3.8, 4) is 0 Å². The van der Waals surface area contributed by atoms with Crippen molar-refractivity contribution in [1.29, 1.82) is 0 Å². The standard InChI is InChI=1S/C21H15FN2O4S/c1-13(25)14-5-4-6-15(11-14)23-21(26)17-12-16(24(27)28)9-10-19(17)29-20-8-3-2-7-18(20)22/h2-12H,1H3,(H,23,26). The Bertz CT molecular complexity index is 1120. The van der Waals surface area contributed by atoms with E-state index in [0.29, 0.717) is 16.1 Å². The zero-order valence-electron chi connectivity index (χ0n) is 15.2. The van der Waals surface area contributed by atoms with Gasteiger partial charge in [-0.3, -0.25) is 19.7 Å². The number of ketones is 1. The first-order valence-electron chi connectivity index (χ1n) is 8.48. The molecule has 0 aromatic heterocycles. The number of nitro groups is 1.